The summed E-state index contributed by atoms with van der Waals surface area (Å²) in [5, 5.41) is 3.99. The lowest BCUT2D eigenvalue weighted by molar-refractivity contribution is 0.666. The third kappa shape index (κ3) is 3.67. The highest BCUT2D eigenvalue weighted by Crippen LogP contribution is 2.53. The number of fused-ring (bicyclic) bond motifs is 10. The van der Waals surface area contributed by atoms with E-state index >= 15 is 0 Å². The highest BCUT2D eigenvalue weighted by molar-refractivity contribution is 6.15. The molecule has 0 amide bonds. The van der Waals surface area contributed by atoms with Crippen LogP contribution < -0.4 is 0 Å². The summed E-state index contributed by atoms with van der Waals surface area (Å²) in [5.41, 5.74) is 16.9. The van der Waals surface area contributed by atoms with Crippen LogP contribution in [0, 0.1) is 0 Å². The second-order valence-electron chi connectivity index (χ2n) is 13.7. The van der Waals surface area contributed by atoms with Crippen molar-refractivity contribution in [1.29, 1.82) is 0 Å². The van der Waals surface area contributed by atoms with Gasteiger partial charge < -0.3 is 9.13 Å². The zero-order chi connectivity index (χ0) is 31.3. The summed E-state index contributed by atoms with van der Waals surface area (Å²) >= 11 is 0. The van der Waals surface area contributed by atoms with Crippen LogP contribution in [-0.2, 0) is 11.8 Å². The fourth-order valence-corrected chi connectivity index (χ4v) is 8.69. The molecule has 10 rings (SSSR count). The normalized spacial score (nSPS) is 14.5. The van der Waals surface area contributed by atoms with Crippen molar-refractivity contribution in [3.05, 3.63) is 162 Å². The summed E-state index contributed by atoms with van der Waals surface area (Å²) in [6.07, 6.45) is 6.80. The van der Waals surface area contributed by atoms with Gasteiger partial charge in [0.25, 0.3) is 0 Å². The van der Waals surface area contributed by atoms with E-state index in [0.717, 1.165) is 12.8 Å². The Morgan fingerprint density at radius 3 is 1.91 bits per heavy atom. The van der Waals surface area contributed by atoms with Crippen molar-refractivity contribution in [1.82, 2.24) is 9.13 Å². The standard InChI is InChI=1S/C45H34N2/c1-45(2)38-19-11-9-17-33(38)35-23-26-42-43(44(35)45)37-28-30(22-25-41(37)47(42)32-15-7-4-8-16-32)29-21-24-40-36(27-29)34-18-10-12-20-39(34)46(40)31-13-5-3-6-14-31/h3-11,13-19,21-28H,12,20H2,1-2H3. The van der Waals surface area contributed by atoms with Gasteiger partial charge in [-0.1, -0.05) is 105 Å². The zero-order valence-electron chi connectivity index (χ0n) is 26.7. The molecule has 0 bridgehead atoms. The van der Waals surface area contributed by atoms with Crippen molar-refractivity contribution >= 4 is 38.8 Å². The predicted molar refractivity (Wildman–Crippen MR) is 198 cm³/mol. The van der Waals surface area contributed by atoms with E-state index in [9.17, 15) is 0 Å². The van der Waals surface area contributed by atoms with Gasteiger partial charge in [-0.05, 0) is 101 Å². The molecule has 0 spiro atoms. The molecule has 0 fully saturated rings. The molecule has 2 heteroatoms. The second kappa shape index (κ2) is 9.70. The monoisotopic (exact) mass is 602 g/mol. The van der Waals surface area contributed by atoms with Gasteiger partial charge in [-0.15, -0.1) is 0 Å². The SMILES string of the molecule is CC1(C)c2ccccc2-c2ccc3c(c21)c1cc(-c2ccc4c(c2)c2c(n4-c4ccccc4)CCC=C2)ccc1n3-c1ccccc1. The first kappa shape index (κ1) is 26.6. The number of hydrogen-bond donors (Lipinski definition) is 0. The van der Waals surface area contributed by atoms with Crippen molar-refractivity contribution < 1.29 is 0 Å². The molecule has 2 aromatic heterocycles. The first-order valence-electron chi connectivity index (χ1n) is 16.8. The van der Waals surface area contributed by atoms with Gasteiger partial charge in [-0.25, -0.2) is 0 Å². The van der Waals surface area contributed by atoms with Gasteiger partial charge in [0, 0.05) is 44.2 Å². The maximum Gasteiger partial charge on any atom is 0.0544 e. The molecule has 0 saturated carbocycles. The number of nitrogens with zero attached hydrogens (tertiary/aromatic N) is 2. The molecular weight excluding hydrogens is 569 g/mol. The Balaban J connectivity index is 1.25. The van der Waals surface area contributed by atoms with Crippen molar-refractivity contribution in [3.8, 4) is 33.6 Å². The Kier molecular flexibility index (Phi) is 5.49. The molecular formula is C45H34N2. The lowest BCUT2D eigenvalue weighted by Gasteiger charge is -2.22. The smallest absolute Gasteiger partial charge is 0.0544 e. The second-order valence-corrected chi connectivity index (χ2v) is 13.7. The highest BCUT2D eigenvalue weighted by atomic mass is 15.0. The Morgan fingerprint density at radius 1 is 0.553 bits per heavy atom. The largest absolute Gasteiger partial charge is 0.313 e. The van der Waals surface area contributed by atoms with Crippen LogP contribution in [0.15, 0.2) is 140 Å². The van der Waals surface area contributed by atoms with Gasteiger partial charge in [0.1, 0.15) is 0 Å². The van der Waals surface area contributed by atoms with E-state index in [1.165, 1.54) is 88.7 Å². The maximum atomic E-state index is 2.47. The summed E-state index contributed by atoms with van der Waals surface area (Å²) in [6, 6.07) is 49.5. The van der Waals surface area contributed by atoms with Crippen molar-refractivity contribution in [2.24, 2.45) is 0 Å². The van der Waals surface area contributed by atoms with E-state index in [-0.39, 0.29) is 5.41 Å². The van der Waals surface area contributed by atoms with Crippen LogP contribution in [-0.4, -0.2) is 9.13 Å². The fourth-order valence-electron chi connectivity index (χ4n) is 8.69. The minimum atomic E-state index is -0.109. The van der Waals surface area contributed by atoms with Crippen LogP contribution in [0.4, 0.5) is 0 Å². The van der Waals surface area contributed by atoms with Gasteiger partial charge in [0.05, 0.1) is 16.6 Å². The lowest BCUT2D eigenvalue weighted by Crippen LogP contribution is -2.15. The predicted octanol–water partition coefficient (Wildman–Crippen LogP) is 11.7. The maximum absolute atomic E-state index is 2.47. The topological polar surface area (TPSA) is 9.86 Å². The van der Waals surface area contributed by atoms with E-state index in [0.29, 0.717) is 0 Å². The Morgan fingerprint density at radius 2 is 1.17 bits per heavy atom. The van der Waals surface area contributed by atoms with Crippen LogP contribution in [0.1, 0.15) is 42.7 Å². The summed E-state index contributed by atoms with van der Waals surface area (Å²) in [4.78, 5) is 0. The van der Waals surface area contributed by atoms with Crippen LogP contribution >= 0.6 is 0 Å². The van der Waals surface area contributed by atoms with E-state index < -0.39 is 0 Å². The molecule has 0 unspecified atom stereocenters. The lowest BCUT2D eigenvalue weighted by atomic mass is 9.80. The molecule has 2 heterocycles. The average Bonchev–Trinajstić information content (AvgIpc) is 3.71. The Labute approximate surface area is 274 Å². The van der Waals surface area contributed by atoms with Crippen molar-refractivity contribution in [2.75, 3.05) is 0 Å². The summed E-state index contributed by atoms with van der Waals surface area (Å²) < 4.78 is 4.93. The highest BCUT2D eigenvalue weighted by Gasteiger charge is 2.38. The number of allylic oxidation sites excluding steroid dienone is 1. The molecule has 8 aromatic rings. The third-order valence-electron chi connectivity index (χ3n) is 10.7. The molecule has 224 valence electrons. The van der Waals surface area contributed by atoms with E-state index in [1.807, 2.05) is 0 Å². The number of benzene rings is 6. The molecule has 2 aliphatic rings. The molecule has 2 aliphatic carbocycles. The molecule has 2 nitrogen and oxygen atoms in total. The van der Waals surface area contributed by atoms with Crippen LogP contribution in [0.3, 0.4) is 0 Å². The quantitative estimate of drug-likeness (QED) is 0.190. The summed E-state index contributed by atoms with van der Waals surface area (Å²) in [5.74, 6) is 0. The van der Waals surface area contributed by atoms with Crippen molar-refractivity contribution in [3.63, 3.8) is 0 Å². The van der Waals surface area contributed by atoms with Gasteiger partial charge >= 0.3 is 0 Å². The molecule has 0 saturated heterocycles. The van der Waals surface area contributed by atoms with Crippen LogP contribution in [0.5, 0.6) is 0 Å². The molecule has 0 N–H and O–H groups in total. The minimum Gasteiger partial charge on any atom is -0.313 e. The third-order valence-corrected chi connectivity index (χ3v) is 10.7. The van der Waals surface area contributed by atoms with Gasteiger partial charge in [-0.2, -0.15) is 0 Å². The molecule has 47 heavy (non-hydrogen) atoms. The van der Waals surface area contributed by atoms with E-state index in [4.69, 9.17) is 0 Å². The molecule has 0 radical (unpaired) electrons. The van der Waals surface area contributed by atoms with Crippen LogP contribution in [0.25, 0.3) is 72.4 Å². The first-order chi connectivity index (χ1) is 23.1. The first-order valence-corrected chi connectivity index (χ1v) is 16.8. The summed E-state index contributed by atoms with van der Waals surface area (Å²) in [7, 11) is 0. The molecule has 0 aliphatic heterocycles. The Bertz CT molecular complexity index is 2580. The Hall–Kier alpha value is -5.60. The fraction of sp³-hybridized carbons (Fsp3) is 0.111. The molecule has 0 atom stereocenters. The number of hydrogen-bond acceptors (Lipinski definition) is 0. The number of para-hydroxylation sites is 2. The number of aromatic nitrogens is 2. The summed E-state index contributed by atoms with van der Waals surface area (Å²) in [6.45, 7) is 4.79. The minimum absolute atomic E-state index is 0.109. The van der Waals surface area contributed by atoms with Gasteiger partial charge in [0.15, 0.2) is 0 Å². The van der Waals surface area contributed by atoms with Crippen molar-refractivity contribution in [2.45, 2.75) is 32.1 Å². The van der Waals surface area contributed by atoms with E-state index in [2.05, 4.69) is 169 Å². The number of rotatable bonds is 3. The van der Waals surface area contributed by atoms with E-state index in [1.54, 1.807) is 0 Å². The van der Waals surface area contributed by atoms with Gasteiger partial charge in [0.2, 0.25) is 0 Å². The van der Waals surface area contributed by atoms with Gasteiger partial charge in [-0.3, -0.25) is 0 Å². The van der Waals surface area contributed by atoms with Crippen LogP contribution in [0.2, 0.25) is 0 Å². The zero-order valence-corrected chi connectivity index (χ0v) is 26.7. The molecule has 6 aromatic carbocycles. The average molecular weight is 603 g/mol.